The molecule has 12 heteroatoms. The van der Waals surface area contributed by atoms with E-state index >= 15 is 0 Å². The fourth-order valence-electron chi connectivity index (χ4n) is 3.17. The quantitative estimate of drug-likeness (QED) is 0.335. The van der Waals surface area contributed by atoms with Crippen molar-refractivity contribution < 1.29 is 18.0 Å². The summed E-state index contributed by atoms with van der Waals surface area (Å²) >= 11 is 0. The van der Waals surface area contributed by atoms with Crippen LogP contribution >= 0.6 is 24.0 Å². The zero-order valence-electron chi connectivity index (χ0n) is 18.4. The van der Waals surface area contributed by atoms with E-state index in [0.29, 0.717) is 43.7 Å². The number of benzene rings is 1. The third-order valence-corrected chi connectivity index (χ3v) is 4.98. The van der Waals surface area contributed by atoms with Gasteiger partial charge in [-0.15, -0.1) is 24.0 Å². The topological polar surface area (TPSA) is 77.0 Å². The highest BCUT2D eigenvalue weighted by Gasteiger charge is 2.30. The van der Waals surface area contributed by atoms with Crippen molar-refractivity contribution in [2.24, 2.45) is 4.99 Å². The lowest BCUT2D eigenvalue weighted by Gasteiger charge is -2.36. The first-order valence-electron chi connectivity index (χ1n) is 10.2. The van der Waals surface area contributed by atoms with E-state index in [1.54, 1.807) is 38.6 Å². The highest BCUT2D eigenvalue weighted by atomic mass is 127. The van der Waals surface area contributed by atoms with Gasteiger partial charge in [0.25, 0.3) is 0 Å². The number of alkyl halides is 3. The summed E-state index contributed by atoms with van der Waals surface area (Å²) in [4.78, 5) is 30.6. The second-order valence-electron chi connectivity index (χ2n) is 7.50. The van der Waals surface area contributed by atoms with E-state index in [2.05, 4.69) is 20.3 Å². The minimum atomic E-state index is -4.41. The molecule has 33 heavy (non-hydrogen) atoms. The predicted molar refractivity (Wildman–Crippen MR) is 131 cm³/mol. The maximum Gasteiger partial charge on any atom is 0.416 e. The zero-order chi connectivity index (χ0) is 23.1. The lowest BCUT2D eigenvalue weighted by atomic mass is 10.1. The normalized spacial score (nSPS) is 14.5. The highest BCUT2D eigenvalue weighted by Crippen LogP contribution is 2.29. The van der Waals surface area contributed by atoms with Crippen LogP contribution < -0.4 is 10.2 Å². The van der Waals surface area contributed by atoms with Crippen molar-refractivity contribution in [3.63, 3.8) is 0 Å². The molecule has 8 nitrogen and oxygen atoms in total. The summed E-state index contributed by atoms with van der Waals surface area (Å²) in [6, 6.07) is 6.86. The van der Waals surface area contributed by atoms with Gasteiger partial charge in [-0.05, 0) is 23.8 Å². The molecular weight excluding hydrogens is 550 g/mol. The Kier molecular flexibility index (Phi) is 9.68. The number of carbonyl (C=O) groups excluding carboxylic acids is 1. The summed E-state index contributed by atoms with van der Waals surface area (Å²) in [6.07, 6.45) is -1.04. The van der Waals surface area contributed by atoms with Gasteiger partial charge in [0.2, 0.25) is 11.9 Å². The second kappa shape index (κ2) is 12.0. The van der Waals surface area contributed by atoms with Gasteiger partial charge in [0.1, 0.15) is 0 Å². The van der Waals surface area contributed by atoms with Crippen LogP contribution in [-0.2, 0) is 17.5 Å². The molecule has 0 atom stereocenters. The molecule has 2 heterocycles. The van der Waals surface area contributed by atoms with Crippen molar-refractivity contribution in [2.45, 2.75) is 12.7 Å². The van der Waals surface area contributed by atoms with Crippen LogP contribution in [0.4, 0.5) is 19.1 Å². The largest absolute Gasteiger partial charge is 0.416 e. The average molecular weight is 577 g/mol. The molecule has 3 rings (SSSR count). The van der Waals surface area contributed by atoms with E-state index in [9.17, 15) is 18.0 Å². The third kappa shape index (κ3) is 7.72. The van der Waals surface area contributed by atoms with Crippen LogP contribution in [0.15, 0.2) is 47.7 Å². The molecule has 1 aliphatic rings. The molecule has 0 aliphatic carbocycles. The van der Waals surface area contributed by atoms with E-state index in [1.807, 2.05) is 9.80 Å². The van der Waals surface area contributed by atoms with Gasteiger partial charge in [-0.25, -0.2) is 15.0 Å². The molecule has 1 amide bonds. The first-order chi connectivity index (χ1) is 15.2. The van der Waals surface area contributed by atoms with E-state index in [1.165, 1.54) is 11.0 Å². The Labute approximate surface area is 207 Å². The number of likely N-dealkylation sites (N-methyl/N-ethyl adjacent to an activating group) is 1. The summed E-state index contributed by atoms with van der Waals surface area (Å²) in [7, 11) is 3.31. The monoisotopic (exact) mass is 577 g/mol. The Morgan fingerprint density at radius 2 is 1.79 bits per heavy atom. The summed E-state index contributed by atoms with van der Waals surface area (Å²) in [6.45, 7) is 2.60. The van der Waals surface area contributed by atoms with Gasteiger partial charge in [0.15, 0.2) is 5.96 Å². The maximum atomic E-state index is 13.0. The van der Waals surface area contributed by atoms with Gasteiger partial charge >= 0.3 is 6.18 Å². The van der Waals surface area contributed by atoms with Crippen LogP contribution in [0, 0.1) is 0 Å². The molecule has 1 fully saturated rings. The summed E-state index contributed by atoms with van der Waals surface area (Å²) < 4.78 is 39.0. The van der Waals surface area contributed by atoms with Crippen molar-refractivity contribution in [3.8, 4) is 0 Å². The predicted octanol–water partition coefficient (Wildman–Crippen LogP) is 2.47. The molecule has 0 spiro atoms. The number of aliphatic imine (C=N–C) groups is 1. The number of guanidine groups is 1. The second-order valence-corrected chi connectivity index (χ2v) is 7.50. The summed E-state index contributed by atoms with van der Waals surface area (Å²) in [5.41, 5.74) is -0.270. The molecule has 180 valence electrons. The lowest BCUT2D eigenvalue weighted by Crippen LogP contribution is -2.54. The highest BCUT2D eigenvalue weighted by molar-refractivity contribution is 14.0. The third-order valence-electron chi connectivity index (χ3n) is 4.98. The number of amides is 1. The van der Waals surface area contributed by atoms with Crippen LogP contribution in [0.1, 0.15) is 11.1 Å². The van der Waals surface area contributed by atoms with Crippen LogP contribution in [0.5, 0.6) is 0 Å². The Morgan fingerprint density at radius 3 is 2.39 bits per heavy atom. The Balaban J connectivity index is 0.00000385. The lowest BCUT2D eigenvalue weighted by molar-refractivity contribution is -0.137. The Hall–Kier alpha value is -2.64. The van der Waals surface area contributed by atoms with Gasteiger partial charge in [-0.2, -0.15) is 13.2 Å². The van der Waals surface area contributed by atoms with Crippen LogP contribution in [0.2, 0.25) is 0 Å². The van der Waals surface area contributed by atoms with Crippen molar-refractivity contribution in [1.82, 2.24) is 25.1 Å². The minimum absolute atomic E-state index is 0. The van der Waals surface area contributed by atoms with E-state index in [4.69, 9.17) is 0 Å². The molecule has 0 radical (unpaired) electrons. The SMILES string of the molecule is CN(C)C(=O)CNC(=NCc1cccc(C(F)(F)F)c1)N1CCN(c2ncccn2)CC1.I. The molecule has 1 saturated heterocycles. The van der Waals surface area contributed by atoms with Crippen molar-refractivity contribution >= 4 is 41.8 Å². The fraction of sp³-hybridized carbons (Fsp3) is 0.429. The van der Waals surface area contributed by atoms with Gasteiger partial charge in [0.05, 0.1) is 18.7 Å². The fourth-order valence-corrected chi connectivity index (χ4v) is 3.17. The van der Waals surface area contributed by atoms with Crippen molar-refractivity contribution in [1.29, 1.82) is 0 Å². The molecule has 0 unspecified atom stereocenters. The Morgan fingerprint density at radius 1 is 1.12 bits per heavy atom. The molecule has 1 aliphatic heterocycles. The zero-order valence-corrected chi connectivity index (χ0v) is 20.7. The van der Waals surface area contributed by atoms with Crippen LogP contribution in [0.3, 0.4) is 0 Å². The number of halogens is 4. The van der Waals surface area contributed by atoms with Crippen LogP contribution in [0.25, 0.3) is 0 Å². The molecule has 1 N–H and O–H groups in total. The Bertz CT molecular complexity index is 933. The number of carbonyl (C=O) groups is 1. The maximum absolute atomic E-state index is 13.0. The van der Waals surface area contributed by atoms with Crippen molar-refractivity contribution in [2.75, 3.05) is 51.7 Å². The number of piperazine rings is 1. The number of rotatable bonds is 5. The standard InChI is InChI=1S/C21H26F3N7O.HI/c1-29(2)18(32)15-28-20(27-14-16-5-3-6-17(13-16)21(22,23)24)31-11-9-30(10-12-31)19-25-7-4-8-26-19;/h3-8,13H,9-12,14-15H2,1-2H3,(H,27,28);1H. The van der Waals surface area contributed by atoms with E-state index < -0.39 is 11.7 Å². The number of aromatic nitrogens is 2. The molecule has 0 bridgehead atoms. The number of nitrogens with one attached hydrogen (secondary N) is 1. The molecule has 0 saturated carbocycles. The first-order valence-corrected chi connectivity index (χ1v) is 10.2. The average Bonchev–Trinajstić information content (AvgIpc) is 2.79. The minimum Gasteiger partial charge on any atom is -0.347 e. The molecule has 1 aromatic carbocycles. The molecule has 1 aromatic heterocycles. The number of anilines is 1. The van der Waals surface area contributed by atoms with Gasteiger partial charge in [0, 0.05) is 52.7 Å². The first kappa shape index (κ1) is 26.6. The number of nitrogens with zero attached hydrogens (tertiary/aromatic N) is 6. The van der Waals surface area contributed by atoms with E-state index in [-0.39, 0.29) is 43.0 Å². The number of hydrogen-bond acceptors (Lipinski definition) is 5. The van der Waals surface area contributed by atoms with Gasteiger partial charge in [-0.3, -0.25) is 4.79 Å². The van der Waals surface area contributed by atoms with Crippen molar-refractivity contribution in [3.05, 3.63) is 53.9 Å². The van der Waals surface area contributed by atoms with Crippen LogP contribution in [-0.4, -0.2) is 78.5 Å². The molecular formula is C21H27F3IN7O. The summed E-state index contributed by atoms with van der Waals surface area (Å²) in [5, 5.41) is 3.05. The van der Waals surface area contributed by atoms with Gasteiger partial charge in [-0.1, -0.05) is 12.1 Å². The molecule has 2 aromatic rings. The smallest absolute Gasteiger partial charge is 0.347 e. The van der Waals surface area contributed by atoms with E-state index in [0.717, 1.165) is 12.1 Å². The van der Waals surface area contributed by atoms with Gasteiger partial charge < -0.3 is 20.0 Å². The number of hydrogen-bond donors (Lipinski definition) is 1. The summed E-state index contributed by atoms with van der Waals surface area (Å²) in [5.74, 6) is 0.990.